The Hall–Kier alpha value is -1.42. The minimum Gasteiger partial charge on any atom is -0.310 e. The van der Waals surface area contributed by atoms with Crippen molar-refractivity contribution < 1.29 is 4.92 Å². The highest BCUT2D eigenvalue weighted by Gasteiger charge is 2.21. The first kappa shape index (κ1) is 13.0. The van der Waals surface area contributed by atoms with Crippen LogP contribution in [0.3, 0.4) is 0 Å². The van der Waals surface area contributed by atoms with Gasteiger partial charge in [-0.3, -0.25) is 10.1 Å². The van der Waals surface area contributed by atoms with E-state index in [1.807, 2.05) is 12.1 Å². The fraction of sp³-hybridized carbons (Fsp3) is 0.571. The molecule has 18 heavy (non-hydrogen) atoms. The Bertz CT molecular complexity index is 414. The summed E-state index contributed by atoms with van der Waals surface area (Å²) in [6.45, 7) is 2.76. The predicted molar refractivity (Wildman–Crippen MR) is 71.4 cm³/mol. The second-order valence-corrected chi connectivity index (χ2v) is 5.10. The normalized spacial score (nSPS) is 17.8. The van der Waals surface area contributed by atoms with E-state index in [1.165, 1.54) is 25.7 Å². The summed E-state index contributed by atoms with van der Waals surface area (Å²) >= 11 is 0. The van der Waals surface area contributed by atoms with Crippen molar-refractivity contribution in [2.24, 2.45) is 5.92 Å². The molecule has 0 aliphatic heterocycles. The maximum Gasteiger partial charge on any atom is 0.273 e. The molecular formula is C14H20N2O2. The number of para-hydroxylation sites is 1. The van der Waals surface area contributed by atoms with Gasteiger partial charge < -0.3 is 5.32 Å². The number of rotatable bonds is 5. The number of nitrogens with zero attached hydrogens (tertiary/aromatic N) is 1. The number of benzene rings is 1. The second-order valence-electron chi connectivity index (χ2n) is 5.10. The molecule has 1 aromatic carbocycles. The van der Waals surface area contributed by atoms with Crippen molar-refractivity contribution in [1.82, 2.24) is 5.32 Å². The summed E-state index contributed by atoms with van der Waals surface area (Å²) in [5.74, 6) is 0.729. The van der Waals surface area contributed by atoms with Crippen LogP contribution in [0.4, 0.5) is 5.69 Å². The first-order valence-corrected chi connectivity index (χ1v) is 6.64. The molecule has 0 unspecified atom stereocenters. The maximum atomic E-state index is 10.9. The van der Waals surface area contributed by atoms with Gasteiger partial charge >= 0.3 is 0 Å². The van der Waals surface area contributed by atoms with Crippen LogP contribution in [0, 0.1) is 16.0 Å². The lowest BCUT2D eigenvalue weighted by Gasteiger charge is -2.20. The quantitative estimate of drug-likeness (QED) is 0.642. The molecule has 4 heteroatoms. The van der Waals surface area contributed by atoms with Crippen molar-refractivity contribution in [2.45, 2.75) is 45.2 Å². The number of hydrogen-bond donors (Lipinski definition) is 1. The third-order valence-electron chi connectivity index (χ3n) is 3.91. The van der Waals surface area contributed by atoms with Gasteiger partial charge in [-0.05, 0) is 25.7 Å². The Morgan fingerprint density at radius 3 is 2.72 bits per heavy atom. The van der Waals surface area contributed by atoms with E-state index in [0.29, 0.717) is 12.6 Å². The second kappa shape index (κ2) is 5.96. The van der Waals surface area contributed by atoms with Gasteiger partial charge in [0, 0.05) is 24.2 Å². The minimum atomic E-state index is -0.308. The van der Waals surface area contributed by atoms with Crippen LogP contribution in [0.2, 0.25) is 0 Å². The van der Waals surface area contributed by atoms with E-state index >= 15 is 0 Å². The highest BCUT2D eigenvalue weighted by atomic mass is 16.6. The molecule has 0 bridgehead atoms. The predicted octanol–water partition coefficient (Wildman–Crippen LogP) is 3.26. The first-order valence-electron chi connectivity index (χ1n) is 6.64. The highest BCUT2D eigenvalue weighted by Crippen LogP contribution is 2.28. The first-order chi connectivity index (χ1) is 8.68. The molecule has 0 radical (unpaired) electrons. The van der Waals surface area contributed by atoms with E-state index in [0.717, 1.165) is 11.5 Å². The fourth-order valence-electron chi connectivity index (χ4n) is 2.73. The Balaban J connectivity index is 1.95. The van der Waals surface area contributed by atoms with Crippen molar-refractivity contribution in [3.63, 3.8) is 0 Å². The lowest BCUT2D eigenvalue weighted by atomic mass is 9.99. The van der Waals surface area contributed by atoms with E-state index < -0.39 is 0 Å². The zero-order valence-corrected chi connectivity index (χ0v) is 10.8. The van der Waals surface area contributed by atoms with Crippen molar-refractivity contribution >= 4 is 5.69 Å². The van der Waals surface area contributed by atoms with Crippen molar-refractivity contribution in [1.29, 1.82) is 0 Å². The van der Waals surface area contributed by atoms with E-state index in [2.05, 4.69) is 12.2 Å². The van der Waals surface area contributed by atoms with Gasteiger partial charge in [0.05, 0.1) is 4.92 Å². The van der Waals surface area contributed by atoms with Crippen molar-refractivity contribution in [2.75, 3.05) is 0 Å². The summed E-state index contributed by atoms with van der Waals surface area (Å²) in [5.41, 5.74) is 0.982. The largest absolute Gasteiger partial charge is 0.310 e. The van der Waals surface area contributed by atoms with Crippen LogP contribution in [0.5, 0.6) is 0 Å². The van der Waals surface area contributed by atoms with E-state index in [9.17, 15) is 10.1 Å². The molecule has 1 saturated carbocycles. The summed E-state index contributed by atoms with van der Waals surface area (Å²) in [7, 11) is 0. The van der Waals surface area contributed by atoms with Gasteiger partial charge in [0.25, 0.3) is 5.69 Å². The zero-order valence-electron chi connectivity index (χ0n) is 10.8. The zero-order chi connectivity index (χ0) is 13.0. The molecule has 0 amide bonds. The Labute approximate surface area is 108 Å². The summed E-state index contributed by atoms with van der Waals surface area (Å²) in [5, 5.41) is 14.3. The number of nitrogens with one attached hydrogen (secondary N) is 1. The third kappa shape index (κ3) is 3.07. The van der Waals surface area contributed by atoms with Gasteiger partial charge in [0.1, 0.15) is 0 Å². The van der Waals surface area contributed by atoms with Crippen LogP contribution in [0.25, 0.3) is 0 Å². The van der Waals surface area contributed by atoms with Gasteiger partial charge in [-0.1, -0.05) is 31.0 Å². The molecule has 1 aliphatic carbocycles. The lowest BCUT2D eigenvalue weighted by Crippen LogP contribution is -2.31. The molecule has 1 fully saturated rings. The maximum absolute atomic E-state index is 10.9. The summed E-state index contributed by atoms with van der Waals surface area (Å²) in [4.78, 5) is 10.6. The molecule has 1 aliphatic rings. The summed E-state index contributed by atoms with van der Waals surface area (Å²) < 4.78 is 0. The number of nitro groups is 1. The van der Waals surface area contributed by atoms with E-state index in [-0.39, 0.29) is 10.6 Å². The van der Waals surface area contributed by atoms with Crippen molar-refractivity contribution in [3.05, 3.63) is 39.9 Å². The molecular weight excluding hydrogens is 228 g/mol. The SMILES string of the molecule is C[C@H](NCc1ccccc1[N+](=O)[O-])C1CCCC1. The number of nitro benzene ring substituents is 1. The molecule has 0 aromatic heterocycles. The molecule has 1 aromatic rings. The molecule has 4 nitrogen and oxygen atoms in total. The smallest absolute Gasteiger partial charge is 0.273 e. The van der Waals surface area contributed by atoms with Crippen LogP contribution >= 0.6 is 0 Å². The van der Waals surface area contributed by atoms with E-state index in [1.54, 1.807) is 12.1 Å². The van der Waals surface area contributed by atoms with Crippen LogP contribution in [0.15, 0.2) is 24.3 Å². The standard InChI is InChI=1S/C14H20N2O2/c1-11(12-6-2-3-7-12)15-10-13-8-4-5-9-14(13)16(17)18/h4-5,8-9,11-12,15H,2-3,6-7,10H2,1H3/t11-/m0/s1. The van der Waals surface area contributed by atoms with Crippen LogP contribution in [0.1, 0.15) is 38.2 Å². The molecule has 98 valence electrons. The Morgan fingerprint density at radius 1 is 1.39 bits per heavy atom. The summed E-state index contributed by atoms with van der Waals surface area (Å²) in [6.07, 6.45) is 5.21. The lowest BCUT2D eigenvalue weighted by molar-refractivity contribution is -0.385. The van der Waals surface area contributed by atoms with Gasteiger partial charge in [-0.25, -0.2) is 0 Å². The number of hydrogen-bond acceptors (Lipinski definition) is 3. The van der Waals surface area contributed by atoms with Gasteiger partial charge in [0.2, 0.25) is 0 Å². The molecule has 1 atom stereocenters. The van der Waals surface area contributed by atoms with Gasteiger partial charge in [-0.2, -0.15) is 0 Å². The Kier molecular flexibility index (Phi) is 4.31. The average Bonchev–Trinajstić information content (AvgIpc) is 2.90. The van der Waals surface area contributed by atoms with Gasteiger partial charge in [0.15, 0.2) is 0 Å². The highest BCUT2D eigenvalue weighted by molar-refractivity contribution is 5.39. The van der Waals surface area contributed by atoms with Crippen LogP contribution < -0.4 is 5.32 Å². The average molecular weight is 248 g/mol. The summed E-state index contributed by atoms with van der Waals surface area (Å²) in [6, 6.07) is 7.39. The van der Waals surface area contributed by atoms with Crippen LogP contribution in [-0.4, -0.2) is 11.0 Å². The molecule has 0 saturated heterocycles. The molecule has 1 N–H and O–H groups in total. The fourth-order valence-corrected chi connectivity index (χ4v) is 2.73. The monoisotopic (exact) mass is 248 g/mol. The van der Waals surface area contributed by atoms with Gasteiger partial charge in [-0.15, -0.1) is 0 Å². The topological polar surface area (TPSA) is 55.2 Å². The van der Waals surface area contributed by atoms with Crippen molar-refractivity contribution in [3.8, 4) is 0 Å². The van der Waals surface area contributed by atoms with Crippen LogP contribution in [-0.2, 0) is 6.54 Å². The minimum absolute atomic E-state index is 0.212. The Morgan fingerprint density at radius 2 is 2.06 bits per heavy atom. The molecule has 2 rings (SSSR count). The molecule has 0 spiro atoms. The van der Waals surface area contributed by atoms with E-state index in [4.69, 9.17) is 0 Å². The molecule has 0 heterocycles. The third-order valence-corrected chi connectivity index (χ3v) is 3.91.